The van der Waals surface area contributed by atoms with Crippen LogP contribution in [0.15, 0.2) is 24.3 Å². The molecule has 0 amide bonds. The molecule has 0 bridgehead atoms. The molecule has 0 spiro atoms. The van der Waals surface area contributed by atoms with Crippen molar-refractivity contribution in [1.29, 1.82) is 0 Å². The quantitative estimate of drug-likeness (QED) is 0.147. The summed E-state index contributed by atoms with van der Waals surface area (Å²) in [6.45, 7) is 14.6. The molecule has 0 aromatic rings. The van der Waals surface area contributed by atoms with E-state index in [-0.39, 0.29) is 32.7 Å². The van der Waals surface area contributed by atoms with Crippen LogP contribution in [0.2, 0.25) is 0 Å². The summed E-state index contributed by atoms with van der Waals surface area (Å²) in [6.07, 6.45) is 1.57. The first-order chi connectivity index (χ1) is 15.3. The average molecular weight is 459 g/mol. The van der Waals surface area contributed by atoms with Gasteiger partial charge < -0.3 is 28.4 Å². The number of rotatable bonds is 21. The van der Waals surface area contributed by atoms with Crippen molar-refractivity contribution in [2.45, 2.75) is 52.1 Å². The maximum Gasteiger partial charge on any atom is 0.308 e. The normalized spacial score (nSPS) is 11.9. The van der Waals surface area contributed by atoms with Gasteiger partial charge in [-0.25, -0.2) is 0 Å². The molecular weight excluding hydrogens is 416 g/mol. The Labute approximate surface area is 193 Å². The van der Waals surface area contributed by atoms with Gasteiger partial charge in [0.05, 0.1) is 52.5 Å². The minimum Gasteiger partial charge on any atom is -0.462 e. The zero-order valence-corrected chi connectivity index (χ0v) is 20.3. The molecule has 0 aromatic carbocycles. The van der Waals surface area contributed by atoms with Gasteiger partial charge in [0.1, 0.15) is 12.7 Å². The fourth-order valence-corrected chi connectivity index (χ4v) is 2.46. The van der Waals surface area contributed by atoms with Crippen molar-refractivity contribution in [2.24, 2.45) is 5.92 Å². The number of hydrogen-bond donors (Lipinski definition) is 0. The molecule has 0 radical (unpaired) electrons. The van der Waals surface area contributed by atoms with E-state index < -0.39 is 18.0 Å². The van der Waals surface area contributed by atoms with Crippen LogP contribution in [-0.2, 0) is 38.0 Å². The van der Waals surface area contributed by atoms with Gasteiger partial charge >= 0.3 is 11.9 Å². The van der Waals surface area contributed by atoms with E-state index in [4.69, 9.17) is 28.4 Å². The molecule has 0 saturated heterocycles. The number of esters is 2. The summed E-state index contributed by atoms with van der Waals surface area (Å²) in [5.41, 5.74) is 2.11. The highest BCUT2D eigenvalue weighted by atomic mass is 16.6. The van der Waals surface area contributed by atoms with Gasteiger partial charge in [-0.3, -0.25) is 9.59 Å². The maximum atomic E-state index is 12.2. The molecular formula is C24H42O8. The summed E-state index contributed by atoms with van der Waals surface area (Å²) in [5, 5.41) is 0. The number of methoxy groups -OCH3 is 2. The number of allylic oxidation sites excluding steroid dienone is 2. The van der Waals surface area contributed by atoms with Gasteiger partial charge in [-0.2, -0.15) is 0 Å². The summed E-state index contributed by atoms with van der Waals surface area (Å²) in [6, 6.07) is 0. The molecule has 0 rings (SSSR count). The van der Waals surface area contributed by atoms with E-state index in [1.165, 1.54) is 0 Å². The van der Waals surface area contributed by atoms with E-state index in [1.54, 1.807) is 14.2 Å². The number of ether oxygens (including phenoxy) is 6. The highest BCUT2D eigenvalue weighted by molar-refractivity contribution is 5.70. The van der Waals surface area contributed by atoms with Crippen LogP contribution in [0.5, 0.6) is 0 Å². The van der Waals surface area contributed by atoms with Gasteiger partial charge in [0.15, 0.2) is 0 Å². The highest BCUT2D eigenvalue weighted by Crippen LogP contribution is 2.20. The predicted molar refractivity (Wildman–Crippen MR) is 122 cm³/mol. The molecule has 0 N–H and O–H groups in total. The number of hydrogen-bond acceptors (Lipinski definition) is 8. The van der Waals surface area contributed by atoms with E-state index in [0.29, 0.717) is 45.2 Å². The van der Waals surface area contributed by atoms with E-state index in [2.05, 4.69) is 27.0 Å². The van der Waals surface area contributed by atoms with Crippen molar-refractivity contribution in [3.63, 3.8) is 0 Å². The fourth-order valence-electron chi connectivity index (χ4n) is 2.46. The highest BCUT2D eigenvalue weighted by Gasteiger charge is 2.18. The van der Waals surface area contributed by atoms with Crippen LogP contribution < -0.4 is 0 Å². The molecule has 1 unspecified atom stereocenters. The second-order valence-electron chi connectivity index (χ2n) is 7.78. The van der Waals surface area contributed by atoms with E-state index in [1.807, 2.05) is 0 Å². The molecule has 0 fully saturated rings. The van der Waals surface area contributed by atoms with Gasteiger partial charge in [0.25, 0.3) is 0 Å². The van der Waals surface area contributed by atoms with Crippen molar-refractivity contribution in [2.75, 3.05) is 60.5 Å². The van der Waals surface area contributed by atoms with Gasteiger partial charge in [-0.05, 0) is 25.2 Å². The van der Waals surface area contributed by atoms with E-state index >= 15 is 0 Å². The van der Waals surface area contributed by atoms with Crippen LogP contribution in [0.3, 0.4) is 0 Å². The number of carbonyl (C=O) groups excluding carboxylic acids is 2. The third kappa shape index (κ3) is 17.9. The number of carbonyl (C=O) groups is 2. The Morgan fingerprint density at radius 2 is 1.34 bits per heavy atom. The lowest BCUT2D eigenvalue weighted by atomic mass is 9.95. The van der Waals surface area contributed by atoms with Crippen molar-refractivity contribution >= 4 is 11.9 Å². The lowest BCUT2D eigenvalue weighted by molar-refractivity contribution is -0.160. The van der Waals surface area contributed by atoms with Crippen molar-refractivity contribution in [1.82, 2.24) is 0 Å². The van der Waals surface area contributed by atoms with Crippen LogP contribution in [0, 0.1) is 5.92 Å². The Balaban J connectivity index is 4.50. The van der Waals surface area contributed by atoms with Gasteiger partial charge in [0.2, 0.25) is 0 Å². The zero-order chi connectivity index (χ0) is 24.2. The predicted octanol–water partition coefficient (Wildman–Crippen LogP) is 3.49. The molecule has 0 aliphatic carbocycles. The molecule has 0 heterocycles. The molecule has 0 aliphatic rings. The third-order valence-electron chi connectivity index (χ3n) is 4.61. The minimum atomic E-state index is -0.552. The first kappa shape index (κ1) is 30.3. The van der Waals surface area contributed by atoms with Crippen molar-refractivity contribution in [3.05, 3.63) is 24.3 Å². The SMILES string of the molecule is C=C(CCC(COC(=O)CCOCCOC)OC(=O)CCOCCOC)CC(=C)C(C)C. The van der Waals surface area contributed by atoms with Gasteiger partial charge in [-0.1, -0.05) is 38.2 Å². The Bertz CT molecular complexity index is 544. The average Bonchev–Trinajstić information content (AvgIpc) is 2.75. The van der Waals surface area contributed by atoms with Crippen molar-refractivity contribution < 1.29 is 38.0 Å². The molecule has 0 aromatic heterocycles. The van der Waals surface area contributed by atoms with Crippen LogP contribution in [0.25, 0.3) is 0 Å². The third-order valence-corrected chi connectivity index (χ3v) is 4.61. The molecule has 0 saturated carbocycles. The summed E-state index contributed by atoms with van der Waals surface area (Å²) in [5.74, 6) is -0.424. The van der Waals surface area contributed by atoms with Gasteiger partial charge in [0, 0.05) is 14.2 Å². The second-order valence-corrected chi connectivity index (χ2v) is 7.78. The minimum absolute atomic E-state index is 0.00835. The Morgan fingerprint density at radius 3 is 1.88 bits per heavy atom. The van der Waals surface area contributed by atoms with E-state index in [0.717, 1.165) is 17.6 Å². The molecule has 8 nitrogen and oxygen atoms in total. The summed E-state index contributed by atoms with van der Waals surface area (Å²) in [4.78, 5) is 24.1. The maximum absolute atomic E-state index is 12.2. The Morgan fingerprint density at radius 1 is 0.781 bits per heavy atom. The lowest BCUT2D eigenvalue weighted by Crippen LogP contribution is -2.26. The van der Waals surface area contributed by atoms with Crippen LogP contribution in [-0.4, -0.2) is 78.5 Å². The lowest BCUT2D eigenvalue weighted by Gasteiger charge is -2.19. The molecule has 1 atom stereocenters. The first-order valence-electron chi connectivity index (χ1n) is 11.1. The zero-order valence-electron chi connectivity index (χ0n) is 20.3. The van der Waals surface area contributed by atoms with E-state index in [9.17, 15) is 9.59 Å². The van der Waals surface area contributed by atoms with Crippen LogP contribution >= 0.6 is 0 Å². The molecule has 0 aliphatic heterocycles. The summed E-state index contributed by atoms with van der Waals surface area (Å²) in [7, 11) is 3.16. The van der Waals surface area contributed by atoms with Crippen molar-refractivity contribution in [3.8, 4) is 0 Å². The van der Waals surface area contributed by atoms with Gasteiger partial charge in [-0.15, -0.1) is 0 Å². The summed E-state index contributed by atoms with van der Waals surface area (Å²) < 4.78 is 31.2. The molecule has 8 heteroatoms. The molecule has 32 heavy (non-hydrogen) atoms. The van der Waals surface area contributed by atoms with Crippen LogP contribution in [0.1, 0.15) is 46.0 Å². The van der Waals surface area contributed by atoms with Crippen LogP contribution in [0.4, 0.5) is 0 Å². The topological polar surface area (TPSA) is 89.5 Å². The second kappa shape index (κ2) is 19.9. The Hall–Kier alpha value is -1.74. The first-order valence-corrected chi connectivity index (χ1v) is 11.1. The largest absolute Gasteiger partial charge is 0.462 e. The Kier molecular flexibility index (Phi) is 18.8. The standard InChI is InChI=1S/C24H42O8/c1-19(2)21(4)17-20(3)7-8-22(32-24(26)10-12-30-16-14-28-6)18-31-23(25)9-11-29-15-13-27-5/h19,22H,3-4,7-18H2,1-2,5-6H3. The monoisotopic (exact) mass is 458 g/mol. The molecule has 186 valence electrons. The fraction of sp³-hybridized carbons (Fsp3) is 0.750. The smallest absolute Gasteiger partial charge is 0.308 e. The summed E-state index contributed by atoms with van der Waals surface area (Å²) >= 11 is 0.